The molecular formula is C34H38N2O7S2. The van der Waals surface area contributed by atoms with Crippen molar-refractivity contribution in [3.63, 3.8) is 0 Å². The van der Waals surface area contributed by atoms with E-state index in [1.54, 1.807) is 78.9 Å². The first-order valence-corrected chi connectivity index (χ1v) is 17.1. The van der Waals surface area contributed by atoms with Gasteiger partial charge >= 0.3 is 5.97 Å². The summed E-state index contributed by atoms with van der Waals surface area (Å²) in [6, 6.07) is 25.0. The summed E-state index contributed by atoms with van der Waals surface area (Å²) < 4.78 is 63.4. The number of benzene rings is 4. The fourth-order valence-electron chi connectivity index (χ4n) is 4.75. The number of nitrogens with zero attached hydrogens (tertiary/aromatic N) is 2. The van der Waals surface area contributed by atoms with Gasteiger partial charge in [0, 0.05) is 6.54 Å². The van der Waals surface area contributed by atoms with Gasteiger partial charge in [0.05, 0.1) is 34.6 Å². The minimum atomic E-state index is -3.80. The van der Waals surface area contributed by atoms with Gasteiger partial charge in [-0.25, -0.2) is 21.7 Å². The number of sulfonamides is 1. The first kappa shape index (κ1) is 33.7. The maximum absolute atomic E-state index is 13.7. The molecule has 1 N–H and O–H groups in total. The average molecular weight is 651 g/mol. The lowest BCUT2D eigenvalue weighted by atomic mass is 10.1. The van der Waals surface area contributed by atoms with E-state index in [4.69, 9.17) is 9.47 Å². The maximum Gasteiger partial charge on any atom is 0.340 e. The lowest BCUT2D eigenvalue weighted by Gasteiger charge is -2.25. The minimum absolute atomic E-state index is 0.0250. The normalized spacial score (nSPS) is 11.9. The Morgan fingerprint density at radius 1 is 0.800 bits per heavy atom. The van der Waals surface area contributed by atoms with Crippen LogP contribution in [0, 0.1) is 13.8 Å². The molecule has 1 atom stereocenters. The van der Waals surface area contributed by atoms with E-state index in [-0.39, 0.29) is 21.9 Å². The van der Waals surface area contributed by atoms with Crippen molar-refractivity contribution in [3.8, 4) is 11.5 Å². The third-order valence-electron chi connectivity index (χ3n) is 7.20. The van der Waals surface area contributed by atoms with Gasteiger partial charge in [0.15, 0.2) is 0 Å². The van der Waals surface area contributed by atoms with E-state index >= 15 is 0 Å². The van der Waals surface area contributed by atoms with Crippen LogP contribution in [-0.2, 0) is 26.0 Å². The number of rotatable bonds is 14. The number of esters is 1. The summed E-state index contributed by atoms with van der Waals surface area (Å²) in [4.78, 5) is 13.0. The first-order valence-electron chi connectivity index (χ1n) is 14.6. The largest absolute Gasteiger partial charge is 0.465 e. The highest BCUT2D eigenvalue weighted by Gasteiger charge is 2.26. The van der Waals surface area contributed by atoms with Crippen molar-refractivity contribution >= 4 is 44.3 Å². The fourth-order valence-corrected chi connectivity index (χ4v) is 6.88. The van der Waals surface area contributed by atoms with Gasteiger partial charge in [-0.3, -0.25) is 8.86 Å². The van der Waals surface area contributed by atoms with Gasteiger partial charge in [-0.15, -0.1) is 0 Å². The van der Waals surface area contributed by atoms with Gasteiger partial charge in [0.25, 0.3) is 21.3 Å². The van der Waals surface area contributed by atoms with E-state index in [0.717, 1.165) is 41.1 Å². The van der Waals surface area contributed by atoms with Crippen molar-refractivity contribution in [1.82, 2.24) is 0 Å². The molecule has 0 heterocycles. The Labute approximate surface area is 267 Å². The molecule has 238 valence electrons. The fraction of sp³-hybridized carbons (Fsp3) is 0.265. The van der Waals surface area contributed by atoms with Crippen LogP contribution in [0.3, 0.4) is 0 Å². The van der Waals surface area contributed by atoms with Crippen LogP contribution in [0.25, 0.3) is 0 Å². The highest BCUT2D eigenvalue weighted by molar-refractivity contribution is 7.92. The molecule has 1 unspecified atom stereocenters. The lowest BCUT2D eigenvalue weighted by molar-refractivity contribution is 0.0601. The molecular weight excluding hydrogens is 613 g/mol. The molecule has 0 bridgehead atoms. The van der Waals surface area contributed by atoms with Crippen LogP contribution in [0.4, 0.5) is 17.1 Å². The van der Waals surface area contributed by atoms with Crippen molar-refractivity contribution in [3.05, 3.63) is 108 Å². The molecule has 4 aromatic carbocycles. The zero-order chi connectivity index (χ0) is 32.6. The van der Waals surface area contributed by atoms with Crippen molar-refractivity contribution in [2.75, 3.05) is 22.3 Å². The molecule has 0 saturated carbocycles. The summed E-state index contributed by atoms with van der Waals surface area (Å²) in [7, 11) is -2.58. The summed E-state index contributed by atoms with van der Waals surface area (Å²) in [5.74, 6) is -0.0290. The Kier molecular flexibility index (Phi) is 11.4. The van der Waals surface area contributed by atoms with Gasteiger partial charge in [-0.2, -0.15) is 0 Å². The molecule has 4 rings (SSSR count). The van der Waals surface area contributed by atoms with Gasteiger partial charge in [-0.1, -0.05) is 61.6 Å². The van der Waals surface area contributed by atoms with Gasteiger partial charge in [0.2, 0.25) is 0 Å². The standard InChI is InChI=1S/C34H38N2O7S2/c1-5-6-7-8-23-35(45(40,41)31-20-11-26(3)12-21-31)27-15-17-29(18-16-27)43-30-19-22-33(32(24-30)34(37)42-4)36(44(38)39)28-13-9-25(2)10-14-28/h9-22,24H,5-8,23H2,1-4H3,(H,38,39). The molecule has 0 amide bonds. The zero-order valence-electron chi connectivity index (χ0n) is 25.8. The van der Waals surface area contributed by atoms with E-state index < -0.39 is 27.3 Å². The highest BCUT2D eigenvalue weighted by Crippen LogP contribution is 2.35. The predicted molar refractivity (Wildman–Crippen MR) is 178 cm³/mol. The molecule has 0 aliphatic rings. The van der Waals surface area contributed by atoms with Crippen LogP contribution in [0.5, 0.6) is 11.5 Å². The molecule has 0 aromatic heterocycles. The van der Waals surface area contributed by atoms with E-state index in [1.807, 2.05) is 13.8 Å². The second-order valence-electron chi connectivity index (χ2n) is 10.6. The number of unbranched alkanes of at least 4 members (excludes halogenated alkanes) is 3. The quantitative estimate of drug-likeness (QED) is 0.0838. The van der Waals surface area contributed by atoms with Crippen molar-refractivity contribution in [2.24, 2.45) is 0 Å². The van der Waals surface area contributed by atoms with E-state index in [0.29, 0.717) is 23.7 Å². The number of carbonyl (C=O) groups is 1. The van der Waals surface area contributed by atoms with Crippen molar-refractivity contribution < 1.29 is 31.4 Å². The Hall–Kier alpha value is -4.19. The Bertz CT molecular complexity index is 1720. The molecule has 0 aliphatic heterocycles. The van der Waals surface area contributed by atoms with Crippen LogP contribution >= 0.6 is 0 Å². The SMILES string of the molecule is CCCCCCN(c1ccc(Oc2ccc(N(c3ccc(C)cc3)S(=O)O)c(C(=O)OC)c2)cc1)S(=O)(=O)c1ccc(C)cc1. The summed E-state index contributed by atoms with van der Waals surface area (Å²) in [6.45, 7) is 6.25. The number of ether oxygens (including phenoxy) is 2. The van der Waals surface area contributed by atoms with Crippen LogP contribution in [0.15, 0.2) is 95.9 Å². The second-order valence-corrected chi connectivity index (χ2v) is 13.3. The molecule has 0 radical (unpaired) electrons. The van der Waals surface area contributed by atoms with Crippen molar-refractivity contribution in [1.29, 1.82) is 0 Å². The van der Waals surface area contributed by atoms with Gasteiger partial charge in [-0.05, 0) is 87.0 Å². The molecule has 0 saturated heterocycles. The van der Waals surface area contributed by atoms with Gasteiger partial charge < -0.3 is 9.47 Å². The predicted octanol–water partition coefficient (Wildman–Crippen LogP) is 7.93. The molecule has 45 heavy (non-hydrogen) atoms. The number of hydrogen-bond donors (Lipinski definition) is 1. The summed E-state index contributed by atoms with van der Waals surface area (Å²) in [5, 5.41) is 0. The van der Waals surface area contributed by atoms with Crippen molar-refractivity contribution in [2.45, 2.75) is 51.3 Å². The molecule has 0 spiro atoms. The van der Waals surface area contributed by atoms with E-state index in [9.17, 15) is 22.0 Å². The number of anilines is 3. The smallest absolute Gasteiger partial charge is 0.340 e. The van der Waals surface area contributed by atoms with Crippen LogP contribution < -0.4 is 13.3 Å². The maximum atomic E-state index is 13.7. The lowest BCUT2D eigenvalue weighted by Crippen LogP contribution is -2.32. The highest BCUT2D eigenvalue weighted by atomic mass is 32.2. The monoisotopic (exact) mass is 650 g/mol. The van der Waals surface area contributed by atoms with Crippen LogP contribution in [-0.4, -0.2) is 36.8 Å². The summed E-state index contributed by atoms with van der Waals surface area (Å²) in [5.41, 5.74) is 3.05. The number of hydrogen-bond acceptors (Lipinski definition) is 6. The molecule has 4 aromatic rings. The molecule has 11 heteroatoms. The third kappa shape index (κ3) is 8.30. The average Bonchev–Trinajstić information content (AvgIpc) is 3.03. The first-order chi connectivity index (χ1) is 21.5. The Morgan fingerprint density at radius 2 is 1.38 bits per heavy atom. The zero-order valence-corrected chi connectivity index (χ0v) is 27.4. The summed E-state index contributed by atoms with van der Waals surface area (Å²) in [6.07, 6.45) is 3.70. The van der Waals surface area contributed by atoms with Gasteiger partial charge in [0.1, 0.15) is 11.5 Å². The molecule has 0 fully saturated rings. The number of aryl methyl sites for hydroxylation is 2. The number of carbonyl (C=O) groups excluding carboxylic acids is 1. The van der Waals surface area contributed by atoms with E-state index in [1.165, 1.54) is 23.5 Å². The summed E-state index contributed by atoms with van der Waals surface area (Å²) >= 11 is -2.49. The molecule has 0 aliphatic carbocycles. The minimum Gasteiger partial charge on any atom is -0.465 e. The van der Waals surface area contributed by atoms with E-state index in [2.05, 4.69) is 6.92 Å². The van der Waals surface area contributed by atoms with Crippen LogP contribution in [0.2, 0.25) is 0 Å². The second kappa shape index (κ2) is 15.2. The Balaban J connectivity index is 1.63. The third-order valence-corrected chi connectivity index (χ3v) is 9.76. The number of methoxy groups -OCH3 is 1. The van der Waals surface area contributed by atoms with Crippen LogP contribution in [0.1, 0.15) is 54.1 Å². The topological polar surface area (TPSA) is 113 Å². The molecule has 9 nitrogen and oxygen atoms in total. The Morgan fingerprint density at radius 3 is 1.96 bits per heavy atom.